The second kappa shape index (κ2) is 23.3. The Morgan fingerprint density at radius 3 is 2.29 bits per heavy atom. The van der Waals surface area contributed by atoms with Gasteiger partial charge in [0.25, 0.3) is 11.4 Å². The van der Waals surface area contributed by atoms with Gasteiger partial charge in [-0.2, -0.15) is 0 Å². The number of primary amides is 1. The molecule has 1 aliphatic carbocycles. The first-order valence-corrected chi connectivity index (χ1v) is 30.1. The van der Waals surface area contributed by atoms with Crippen molar-refractivity contribution in [3.8, 4) is 5.75 Å². The van der Waals surface area contributed by atoms with Gasteiger partial charge in [0.2, 0.25) is 35.4 Å². The SMILES string of the molecule is Cn1c(=O)n(C2CCC(=O)NC2=O)c2ccc(CC3CCC(CC(=O)N4CC[C@H]5CC[C@@H](C(=O)N[C@@H](CCC(N)=O)COc6ccc(S(C)(=O)=O)cc6)N5C(=O)[C@@H](NC(=O)c5cc6cc(C(=O)P(=O)(O)O)ccc6[nH]5)C4)CC3)cc21. The molecule has 5 atom stereocenters. The Bertz CT molecular complexity index is 3520. The van der Waals surface area contributed by atoms with E-state index in [0.29, 0.717) is 41.1 Å². The zero-order valence-electron chi connectivity index (χ0n) is 44.1. The van der Waals surface area contributed by atoms with Crippen molar-refractivity contribution in [3.63, 3.8) is 0 Å². The predicted octanol–water partition coefficient (Wildman–Crippen LogP) is 2.48. The topological polar surface area (TPSA) is 349 Å². The molecule has 8 N–H and O–H groups in total. The first-order valence-electron chi connectivity index (χ1n) is 26.6. The normalized spacial score (nSPS) is 22.3. The number of fused-ring (bicyclic) bond motifs is 3. The molecule has 9 rings (SSSR count). The molecule has 2 aromatic heterocycles. The number of rotatable bonds is 18. The second-order valence-corrected chi connectivity index (χ2v) is 25.1. The Kier molecular flexibility index (Phi) is 16.7. The number of nitrogens with zero attached hydrogens (tertiary/aromatic N) is 4. The van der Waals surface area contributed by atoms with Crippen LogP contribution in [0.4, 0.5) is 0 Å². The van der Waals surface area contributed by atoms with Crippen LogP contribution in [0.15, 0.2) is 76.4 Å². The number of carbonyl (C=O) groups is 8. The molecule has 80 heavy (non-hydrogen) atoms. The maximum Gasteiger partial charge on any atom is 0.396 e. The first kappa shape index (κ1) is 57.2. The lowest BCUT2D eigenvalue weighted by molar-refractivity contribution is -0.145. The molecular weight excluding hydrogens is 1080 g/mol. The predicted molar refractivity (Wildman–Crippen MR) is 289 cm³/mol. The summed E-state index contributed by atoms with van der Waals surface area (Å²) in [5.41, 5.74) is 6.04. The Labute approximate surface area is 459 Å². The summed E-state index contributed by atoms with van der Waals surface area (Å²) in [7, 11) is -6.94. The second-order valence-electron chi connectivity index (χ2n) is 21.5. The van der Waals surface area contributed by atoms with Gasteiger partial charge in [0.1, 0.15) is 36.2 Å². The van der Waals surface area contributed by atoms with E-state index in [9.17, 15) is 61.1 Å². The van der Waals surface area contributed by atoms with E-state index in [1.807, 2.05) is 18.2 Å². The molecule has 5 aromatic rings. The number of ether oxygens (including phenoxy) is 1. The molecule has 7 amide bonds. The van der Waals surface area contributed by atoms with Gasteiger partial charge in [-0.25, -0.2) is 13.2 Å². The Morgan fingerprint density at radius 1 is 0.875 bits per heavy atom. The average molecular weight is 1140 g/mol. The largest absolute Gasteiger partial charge is 0.491 e. The maximum atomic E-state index is 15.0. The number of nitrogens with two attached hydrogens (primary N) is 1. The summed E-state index contributed by atoms with van der Waals surface area (Å²) < 4.78 is 44.6. The summed E-state index contributed by atoms with van der Waals surface area (Å²) in [4.78, 5) is 145. The molecule has 0 bridgehead atoms. The van der Waals surface area contributed by atoms with Crippen LogP contribution in [0.2, 0.25) is 0 Å². The van der Waals surface area contributed by atoms with Crippen LogP contribution in [-0.4, -0.2) is 139 Å². The van der Waals surface area contributed by atoms with Gasteiger partial charge in [-0.05, 0) is 142 Å². The van der Waals surface area contributed by atoms with Gasteiger partial charge in [-0.1, -0.05) is 6.07 Å². The van der Waals surface area contributed by atoms with Gasteiger partial charge < -0.3 is 45.7 Å². The highest BCUT2D eigenvalue weighted by molar-refractivity contribution is 7.90. The summed E-state index contributed by atoms with van der Waals surface area (Å²) in [6.07, 6.45) is 6.45. The van der Waals surface area contributed by atoms with Crippen LogP contribution in [0, 0.1) is 11.8 Å². The summed E-state index contributed by atoms with van der Waals surface area (Å²) >= 11 is 0. The zero-order valence-corrected chi connectivity index (χ0v) is 45.8. The number of piperidine rings is 1. The fourth-order valence-electron chi connectivity index (χ4n) is 11.7. The molecule has 426 valence electrons. The maximum absolute atomic E-state index is 15.0. The number of amides is 7. The average Bonchev–Trinajstić information content (AvgIpc) is 4.27. The fourth-order valence-corrected chi connectivity index (χ4v) is 12.8. The van der Waals surface area contributed by atoms with Gasteiger partial charge >= 0.3 is 13.3 Å². The first-order chi connectivity index (χ1) is 37.9. The van der Waals surface area contributed by atoms with Gasteiger partial charge in [-0.15, -0.1) is 0 Å². The lowest BCUT2D eigenvalue weighted by atomic mass is 9.78. The number of imide groups is 1. The number of aryl methyl sites for hydroxylation is 1. The number of aromatic nitrogens is 3. The van der Waals surface area contributed by atoms with Crippen molar-refractivity contribution in [3.05, 3.63) is 94.0 Å². The highest BCUT2D eigenvalue weighted by Crippen LogP contribution is 2.40. The number of hydrogen-bond donors (Lipinski definition) is 7. The summed E-state index contributed by atoms with van der Waals surface area (Å²) in [5, 5.41) is 8.32. The summed E-state index contributed by atoms with van der Waals surface area (Å²) in [6.45, 7) is -0.168. The van der Waals surface area contributed by atoms with Gasteiger partial charge in [0.15, 0.2) is 9.84 Å². The number of benzene rings is 3. The van der Waals surface area contributed by atoms with Crippen molar-refractivity contribution in [1.29, 1.82) is 0 Å². The number of imidazole rings is 1. The van der Waals surface area contributed by atoms with Crippen LogP contribution in [0.3, 0.4) is 0 Å². The third-order valence-electron chi connectivity index (χ3n) is 15.9. The van der Waals surface area contributed by atoms with Gasteiger partial charge in [-0.3, -0.25) is 57.4 Å². The minimum atomic E-state index is -5.12. The molecule has 1 saturated carbocycles. The van der Waals surface area contributed by atoms with E-state index in [0.717, 1.165) is 43.9 Å². The minimum Gasteiger partial charge on any atom is -0.491 e. The number of aromatic amines is 1. The van der Waals surface area contributed by atoms with E-state index < -0.39 is 82.7 Å². The lowest BCUT2D eigenvalue weighted by Crippen LogP contribution is -2.61. The smallest absolute Gasteiger partial charge is 0.396 e. The van der Waals surface area contributed by atoms with E-state index in [1.54, 1.807) is 11.9 Å². The number of hydrogen-bond acceptors (Lipinski definition) is 13. The van der Waals surface area contributed by atoms with Crippen LogP contribution in [0.25, 0.3) is 21.9 Å². The Hall–Kier alpha value is -7.47. The molecule has 3 aliphatic heterocycles. The molecule has 1 unspecified atom stereocenters. The molecular formula is C54H64N9O15PS. The molecule has 4 aliphatic rings. The monoisotopic (exact) mass is 1140 g/mol. The molecule has 4 fully saturated rings. The van der Waals surface area contributed by atoms with Gasteiger partial charge in [0.05, 0.1) is 22.0 Å². The molecule has 3 saturated heterocycles. The van der Waals surface area contributed by atoms with E-state index in [1.165, 1.54) is 62.6 Å². The van der Waals surface area contributed by atoms with Crippen molar-refractivity contribution in [2.75, 3.05) is 26.0 Å². The van der Waals surface area contributed by atoms with Crippen LogP contribution in [0.5, 0.6) is 5.75 Å². The minimum absolute atomic E-state index is 0.0295. The van der Waals surface area contributed by atoms with Crippen molar-refractivity contribution >= 4 is 86.2 Å². The van der Waals surface area contributed by atoms with Crippen LogP contribution in [-0.2, 0) is 56.6 Å². The summed E-state index contributed by atoms with van der Waals surface area (Å²) in [5.74, 6) is -3.02. The number of sulfone groups is 1. The Balaban J connectivity index is 0.888. The van der Waals surface area contributed by atoms with Crippen molar-refractivity contribution in [1.82, 2.24) is 39.9 Å². The highest BCUT2D eigenvalue weighted by Gasteiger charge is 2.46. The van der Waals surface area contributed by atoms with Crippen LogP contribution in [0.1, 0.15) is 110 Å². The number of H-pyrrole nitrogens is 1. The molecule has 5 heterocycles. The van der Waals surface area contributed by atoms with Crippen molar-refractivity contribution in [2.24, 2.45) is 24.6 Å². The number of nitrogens with one attached hydrogen (secondary N) is 4. The molecule has 0 radical (unpaired) electrons. The van der Waals surface area contributed by atoms with E-state index in [2.05, 4.69) is 20.9 Å². The molecule has 0 spiro atoms. The van der Waals surface area contributed by atoms with Crippen LogP contribution >= 0.6 is 7.60 Å². The third-order valence-corrected chi connectivity index (χ3v) is 17.9. The highest BCUT2D eigenvalue weighted by atomic mass is 32.2. The number of carbonyl (C=O) groups excluding carboxylic acids is 8. The Morgan fingerprint density at radius 2 is 1.60 bits per heavy atom. The molecule has 3 aromatic carbocycles. The van der Waals surface area contributed by atoms with E-state index in [4.69, 9.17) is 10.5 Å². The molecule has 26 heteroatoms. The third kappa shape index (κ3) is 12.8. The summed E-state index contributed by atoms with van der Waals surface area (Å²) in [6, 6.07) is 12.1. The lowest BCUT2D eigenvalue weighted by Gasteiger charge is -2.39. The van der Waals surface area contributed by atoms with E-state index in [-0.39, 0.29) is 103 Å². The fraction of sp³-hybridized carbons (Fsp3) is 0.463. The van der Waals surface area contributed by atoms with Crippen LogP contribution < -0.4 is 32.1 Å². The quantitative estimate of drug-likeness (QED) is 0.0490. The zero-order chi connectivity index (χ0) is 57.4. The van der Waals surface area contributed by atoms with Crippen molar-refractivity contribution in [2.45, 2.75) is 119 Å². The van der Waals surface area contributed by atoms with Gasteiger partial charge in [0, 0.05) is 68.2 Å². The molecule has 24 nitrogen and oxygen atoms in total. The van der Waals surface area contributed by atoms with Crippen molar-refractivity contribution < 1.29 is 65.9 Å². The van der Waals surface area contributed by atoms with E-state index >= 15 is 4.79 Å². The standard InChI is InChI=1S/C54H64N9O15PS/c1-60-45-24-32(7-16-42(45)63(54(60)72)44-18-20-47(65)59-51(44)69)23-30-3-5-31(6-4-30)25-48(66)61-22-21-36-10-17-43(50(68)56-35(9-19-46(55)64)29-78-37-11-13-38(14-12-37)80(2,76)77)62(36)52(70)41(28-61)58-49(67)40-27-34-26-33(8-15-39(34)57-40)53(71)79(73,74)75/h7-8,11-16,24,26-27,30-31,35-36,41,43-44,57H,3-6,9-10,17-23,25,28-29H2,1-2H3,(H2,55,64)(H,56,68)(H,58,67)(H,59,65,69)(H2,73,74,75)/t30?,31?,35-,36+,41-,43-,44?/m0/s1.